The predicted molar refractivity (Wildman–Crippen MR) is 118 cm³/mol. The molecule has 0 saturated heterocycles. The summed E-state index contributed by atoms with van der Waals surface area (Å²) >= 11 is 9.30. The molecule has 0 aliphatic heterocycles. The lowest BCUT2D eigenvalue weighted by Crippen LogP contribution is -2.30. The van der Waals surface area contributed by atoms with Gasteiger partial charge in [-0.05, 0) is 50.2 Å². The zero-order valence-electron chi connectivity index (χ0n) is 15.8. The number of esters is 1. The van der Waals surface area contributed by atoms with Crippen LogP contribution in [0.25, 0.3) is 0 Å². The third kappa shape index (κ3) is 6.06. The fourth-order valence-corrected chi connectivity index (χ4v) is 4.09. The van der Waals surface area contributed by atoms with Crippen molar-refractivity contribution in [3.05, 3.63) is 75.2 Å². The highest BCUT2D eigenvalue weighted by Gasteiger charge is 2.19. The number of rotatable bonds is 7. The van der Waals surface area contributed by atoms with Gasteiger partial charge in [0.25, 0.3) is 5.91 Å². The first-order chi connectivity index (χ1) is 13.9. The molecule has 0 fully saturated rings. The zero-order valence-corrected chi connectivity index (χ0v) is 18.2. The van der Waals surface area contributed by atoms with Crippen LogP contribution in [-0.4, -0.2) is 23.0 Å². The molecule has 0 radical (unpaired) electrons. The van der Waals surface area contributed by atoms with Crippen molar-refractivity contribution >= 4 is 52.3 Å². The average molecular weight is 447 g/mol. The van der Waals surface area contributed by atoms with E-state index in [1.165, 1.54) is 6.92 Å². The van der Waals surface area contributed by atoms with Crippen LogP contribution in [0.15, 0.2) is 58.8 Å². The van der Waals surface area contributed by atoms with Gasteiger partial charge in [-0.15, -0.1) is 23.1 Å². The fraction of sp³-hybridized carbons (Fsp3) is 0.190. The molecule has 29 heavy (non-hydrogen) atoms. The largest absolute Gasteiger partial charge is 0.449 e. The monoisotopic (exact) mass is 446 g/mol. The maximum Gasteiger partial charge on any atom is 0.338 e. The smallest absolute Gasteiger partial charge is 0.338 e. The van der Waals surface area contributed by atoms with Crippen LogP contribution in [0.3, 0.4) is 0 Å². The van der Waals surface area contributed by atoms with Crippen molar-refractivity contribution < 1.29 is 14.3 Å². The van der Waals surface area contributed by atoms with E-state index in [4.69, 9.17) is 16.3 Å². The van der Waals surface area contributed by atoms with E-state index < -0.39 is 18.0 Å². The number of carbonyl (C=O) groups excluding carboxylic acids is 2. The van der Waals surface area contributed by atoms with Gasteiger partial charge in [0.15, 0.2) is 6.10 Å². The average Bonchev–Trinajstić information content (AvgIpc) is 3.13. The summed E-state index contributed by atoms with van der Waals surface area (Å²) in [6, 6.07) is 14.0. The minimum atomic E-state index is -0.958. The summed E-state index contributed by atoms with van der Waals surface area (Å²) in [4.78, 5) is 30.0. The van der Waals surface area contributed by atoms with Crippen LogP contribution in [0.2, 0.25) is 5.02 Å². The Hall–Kier alpha value is -2.35. The number of nitrogens with one attached hydrogen (secondary N) is 1. The lowest BCUT2D eigenvalue weighted by atomic mass is 10.2. The molecule has 0 spiro atoms. The Balaban J connectivity index is 1.53. The third-order valence-electron chi connectivity index (χ3n) is 3.93. The van der Waals surface area contributed by atoms with Gasteiger partial charge in [0, 0.05) is 16.0 Å². The lowest BCUT2D eigenvalue weighted by molar-refractivity contribution is -0.123. The van der Waals surface area contributed by atoms with Gasteiger partial charge in [-0.3, -0.25) is 4.79 Å². The molecule has 1 aromatic heterocycles. The molecule has 3 rings (SSSR count). The number of nitrogens with zero attached hydrogens (tertiary/aromatic N) is 1. The van der Waals surface area contributed by atoms with Crippen LogP contribution in [0.5, 0.6) is 0 Å². The summed E-state index contributed by atoms with van der Waals surface area (Å²) in [7, 11) is 0. The van der Waals surface area contributed by atoms with E-state index in [1.54, 1.807) is 59.5 Å². The van der Waals surface area contributed by atoms with E-state index in [9.17, 15) is 9.59 Å². The van der Waals surface area contributed by atoms with Crippen molar-refractivity contribution in [2.24, 2.45) is 0 Å². The van der Waals surface area contributed by atoms with Gasteiger partial charge in [-0.1, -0.05) is 23.7 Å². The highest BCUT2D eigenvalue weighted by atomic mass is 35.5. The number of halogens is 1. The van der Waals surface area contributed by atoms with Crippen LogP contribution in [0.1, 0.15) is 28.0 Å². The predicted octanol–water partition coefficient (Wildman–Crippen LogP) is 5.58. The maximum absolute atomic E-state index is 12.3. The van der Waals surface area contributed by atoms with Gasteiger partial charge < -0.3 is 10.1 Å². The number of aromatic nitrogens is 1. The first-order valence-corrected chi connectivity index (χ1v) is 11.1. The third-order valence-corrected chi connectivity index (χ3v) is 6.13. The second-order valence-electron chi connectivity index (χ2n) is 6.19. The molecule has 1 atom stereocenters. The molecule has 0 bridgehead atoms. The Morgan fingerprint density at radius 3 is 2.59 bits per heavy atom. The van der Waals surface area contributed by atoms with Crippen molar-refractivity contribution in [3.8, 4) is 0 Å². The fourth-order valence-electron chi connectivity index (χ4n) is 2.40. The molecule has 1 unspecified atom stereocenters. The molecule has 1 amide bonds. The van der Waals surface area contributed by atoms with Crippen molar-refractivity contribution in [1.82, 2.24) is 4.98 Å². The first kappa shape index (κ1) is 21.4. The van der Waals surface area contributed by atoms with Gasteiger partial charge in [0.2, 0.25) is 0 Å². The number of benzene rings is 2. The van der Waals surface area contributed by atoms with Gasteiger partial charge in [-0.2, -0.15) is 0 Å². The van der Waals surface area contributed by atoms with E-state index >= 15 is 0 Å². The van der Waals surface area contributed by atoms with E-state index in [-0.39, 0.29) is 0 Å². The molecule has 3 aromatic rings. The van der Waals surface area contributed by atoms with E-state index in [2.05, 4.69) is 10.3 Å². The van der Waals surface area contributed by atoms with Crippen molar-refractivity contribution in [3.63, 3.8) is 0 Å². The second kappa shape index (κ2) is 9.91. The summed E-state index contributed by atoms with van der Waals surface area (Å²) in [6.45, 7) is 3.50. The van der Waals surface area contributed by atoms with Crippen LogP contribution >= 0.6 is 34.7 Å². The SMILES string of the molecule is Cc1nc(CSc2ccc(C(=O)OC(C)C(=O)Nc3ccccc3Cl)cc2)cs1. The molecule has 150 valence electrons. The minimum Gasteiger partial charge on any atom is -0.449 e. The number of para-hydroxylation sites is 1. The number of hydrogen-bond donors (Lipinski definition) is 1. The molecule has 1 N–H and O–H groups in total. The van der Waals surface area contributed by atoms with Gasteiger partial charge in [-0.25, -0.2) is 9.78 Å². The van der Waals surface area contributed by atoms with E-state index in [0.29, 0.717) is 16.3 Å². The summed E-state index contributed by atoms with van der Waals surface area (Å²) in [5.41, 5.74) is 1.90. The molecule has 0 saturated carbocycles. The van der Waals surface area contributed by atoms with Crippen LogP contribution in [-0.2, 0) is 15.3 Å². The number of aryl methyl sites for hydroxylation is 1. The standard InChI is InChI=1S/C21H19ClN2O3S2/c1-13(20(25)24-19-6-4-3-5-18(19)22)27-21(26)15-7-9-17(10-8-15)29-12-16-11-28-14(2)23-16/h3-11,13H,12H2,1-2H3,(H,24,25). The van der Waals surface area contributed by atoms with Gasteiger partial charge in [0.1, 0.15) is 0 Å². The second-order valence-corrected chi connectivity index (χ2v) is 8.71. The highest BCUT2D eigenvalue weighted by molar-refractivity contribution is 7.98. The Bertz CT molecular complexity index is 1010. The number of carbonyl (C=O) groups is 2. The Labute approximate surface area is 182 Å². The highest BCUT2D eigenvalue weighted by Crippen LogP contribution is 2.24. The Kier molecular flexibility index (Phi) is 7.30. The Morgan fingerprint density at radius 1 is 1.21 bits per heavy atom. The molecule has 2 aromatic carbocycles. The molecule has 1 heterocycles. The molecular formula is C21H19ClN2O3S2. The quantitative estimate of drug-likeness (QED) is 0.379. The van der Waals surface area contributed by atoms with Crippen LogP contribution in [0, 0.1) is 6.92 Å². The molecule has 5 nitrogen and oxygen atoms in total. The van der Waals surface area contributed by atoms with Crippen LogP contribution in [0.4, 0.5) is 5.69 Å². The van der Waals surface area contributed by atoms with E-state index in [1.807, 2.05) is 24.4 Å². The number of ether oxygens (including phenoxy) is 1. The summed E-state index contributed by atoms with van der Waals surface area (Å²) in [5, 5.41) is 6.16. The number of amides is 1. The molecule has 0 aliphatic carbocycles. The first-order valence-electron chi connectivity index (χ1n) is 8.82. The molecular weight excluding hydrogens is 428 g/mol. The summed E-state index contributed by atoms with van der Waals surface area (Å²) in [6.07, 6.45) is -0.958. The number of thiazole rings is 1. The molecule has 8 heteroatoms. The topological polar surface area (TPSA) is 68.3 Å². The summed E-state index contributed by atoms with van der Waals surface area (Å²) in [5.74, 6) is -0.233. The minimum absolute atomic E-state index is 0.385. The van der Waals surface area contributed by atoms with E-state index in [0.717, 1.165) is 21.3 Å². The van der Waals surface area contributed by atoms with Gasteiger partial charge >= 0.3 is 5.97 Å². The van der Waals surface area contributed by atoms with Crippen molar-refractivity contribution in [2.45, 2.75) is 30.6 Å². The van der Waals surface area contributed by atoms with Crippen molar-refractivity contribution in [2.75, 3.05) is 5.32 Å². The summed E-state index contributed by atoms with van der Waals surface area (Å²) < 4.78 is 5.27. The number of hydrogen-bond acceptors (Lipinski definition) is 6. The maximum atomic E-state index is 12.3. The lowest BCUT2D eigenvalue weighted by Gasteiger charge is -2.14. The Morgan fingerprint density at radius 2 is 1.93 bits per heavy atom. The van der Waals surface area contributed by atoms with Crippen LogP contribution < -0.4 is 5.32 Å². The zero-order chi connectivity index (χ0) is 20.8. The van der Waals surface area contributed by atoms with Crippen molar-refractivity contribution in [1.29, 1.82) is 0 Å². The number of thioether (sulfide) groups is 1. The number of anilines is 1. The molecule has 0 aliphatic rings. The van der Waals surface area contributed by atoms with Gasteiger partial charge in [0.05, 0.1) is 27.0 Å². The normalized spacial score (nSPS) is 11.7.